The number of hydrogen-bond acceptors (Lipinski definition) is 4. The van der Waals surface area contributed by atoms with Crippen LogP contribution in [0.1, 0.15) is 26.2 Å². The van der Waals surface area contributed by atoms with Gasteiger partial charge < -0.3 is 14.9 Å². The van der Waals surface area contributed by atoms with E-state index in [1.807, 2.05) is 0 Å². The summed E-state index contributed by atoms with van der Waals surface area (Å²) in [5, 5.41) is 20.6. The Labute approximate surface area is 109 Å². The number of aliphatic hydroxyl groups is 1. The van der Waals surface area contributed by atoms with Crippen LogP contribution in [0, 0.1) is 22.7 Å². The van der Waals surface area contributed by atoms with Crippen molar-refractivity contribution in [3.05, 3.63) is 0 Å². The number of fused-ring (bicyclic) bond motifs is 1. The van der Waals surface area contributed by atoms with Crippen molar-refractivity contribution in [3.8, 4) is 6.07 Å². The first-order valence-electron chi connectivity index (χ1n) is 7.22. The lowest BCUT2D eigenvalue weighted by molar-refractivity contribution is -0.167. The molecule has 4 aliphatic heterocycles. The number of nitrogens with zero attached hydrogens (tertiary/aromatic N) is 3. The van der Waals surface area contributed by atoms with Gasteiger partial charge in [-0.3, -0.25) is 0 Å². The molecule has 0 radical (unpaired) electrons. The second kappa shape index (κ2) is 4.19. The molecule has 4 heteroatoms. The van der Waals surface area contributed by atoms with Crippen LogP contribution in [0.25, 0.3) is 0 Å². The first-order valence-corrected chi connectivity index (χ1v) is 7.22. The second-order valence-corrected chi connectivity index (χ2v) is 6.43. The molecule has 4 bridgehead atoms. The Bertz CT molecular complexity index is 362. The summed E-state index contributed by atoms with van der Waals surface area (Å²) >= 11 is 0. The minimum Gasteiger partial charge on any atom is -0.374 e. The van der Waals surface area contributed by atoms with Crippen LogP contribution in [0.4, 0.5) is 0 Å². The van der Waals surface area contributed by atoms with Gasteiger partial charge in [0.05, 0.1) is 6.07 Å². The van der Waals surface area contributed by atoms with Crippen LogP contribution in [0.2, 0.25) is 0 Å². The summed E-state index contributed by atoms with van der Waals surface area (Å²) in [6, 6.07) is 2.30. The Morgan fingerprint density at radius 3 is 2.39 bits per heavy atom. The first kappa shape index (κ1) is 12.4. The van der Waals surface area contributed by atoms with E-state index in [0.29, 0.717) is 0 Å². The molecule has 0 aromatic heterocycles. The lowest BCUT2D eigenvalue weighted by Gasteiger charge is -2.57. The first-order chi connectivity index (χ1) is 8.63. The quantitative estimate of drug-likeness (QED) is 0.747. The monoisotopic (exact) mass is 249 g/mol. The number of hydrogen-bond donors (Lipinski definition) is 1. The fourth-order valence-corrected chi connectivity index (χ4v) is 4.35. The molecule has 4 heterocycles. The minimum absolute atomic E-state index is 0.115. The van der Waals surface area contributed by atoms with E-state index in [-0.39, 0.29) is 11.3 Å². The molecule has 0 spiro atoms. The van der Waals surface area contributed by atoms with Gasteiger partial charge in [-0.05, 0) is 6.42 Å². The highest BCUT2D eigenvalue weighted by molar-refractivity contribution is 5.23. The molecule has 4 nitrogen and oxygen atoms in total. The van der Waals surface area contributed by atoms with Gasteiger partial charge in [0, 0.05) is 50.6 Å². The molecule has 0 saturated carbocycles. The van der Waals surface area contributed by atoms with Crippen LogP contribution in [0.15, 0.2) is 0 Å². The van der Waals surface area contributed by atoms with Crippen LogP contribution >= 0.6 is 0 Å². The molecule has 0 aliphatic carbocycles. The number of unbranched alkanes of at least 4 members (excludes halogenated alkanes) is 1. The Hall–Kier alpha value is -0.630. The van der Waals surface area contributed by atoms with Crippen LogP contribution < -0.4 is 0 Å². The average Bonchev–Trinajstić information content (AvgIpc) is 2.62. The summed E-state index contributed by atoms with van der Waals surface area (Å²) in [5.74, 6) is 0.115. The van der Waals surface area contributed by atoms with E-state index in [0.717, 1.165) is 58.5 Å². The van der Waals surface area contributed by atoms with E-state index in [9.17, 15) is 10.4 Å². The lowest BCUT2D eigenvalue weighted by Crippen LogP contribution is -2.70. The molecule has 0 aromatic rings. The smallest absolute Gasteiger partial charge is 0.164 e. The van der Waals surface area contributed by atoms with Gasteiger partial charge in [-0.25, -0.2) is 0 Å². The Balaban J connectivity index is 1.98. The third kappa shape index (κ3) is 1.54. The standard InChI is InChI=1S/C14H23N3O/c1-2-3-4-13-10-16-5-6-17(11-13)8-12(7-16)14(13,18)9-15/h12,18H,2-8,10-11H2,1H3/t12?,13?,14-/m1/s1. The maximum Gasteiger partial charge on any atom is 0.164 e. The summed E-state index contributed by atoms with van der Waals surface area (Å²) in [6.07, 6.45) is 3.23. The highest BCUT2D eigenvalue weighted by Gasteiger charge is 2.63. The van der Waals surface area contributed by atoms with Crippen LogP contribution in [0.3, 0.4) is 0 Å². The zero-order valence-electron chi connectivity index (χ0n) is 11.2. The van der Waals surface area contributed by atoms with Gasteiger partial charge in [-0.15, -0.1) is 0 Å². The zero-order chi connectivity index (χ0) is 12.8. The van der Waals surface area contributed by atoms with E-state index in [2.05, 4.69) is 22.8 Å². The Morgan fingerprint density at radius 2 is 1.89 bits per heavy atom. The number of nitriles is 1. The van der Waals surface area contributed by atoms with Gasteiger partial charge >= 0.3 is 0 Å². The largest absolute Gasteiger partial charge is 0.374 e. The topological polar surface area (TPSA) is 50.5 Å². The van der Waals surface area contributed by atoms with E-state index in [1.54, 1.807) is 0 Å². The predicted octanol–water partition coefficient (Wildman–Crippen LogP) is 0.679. The van der Waals surface area contributed by atoms with Crippen LogP contribution in [0.5, 0.6) is 0 Å². The molecule has 1 N–H and O–H groups in total. The molecule has 0 aromatic carbocycles. The summed E-state index contributed by atoms with van der Waals surface area (Å²) in [7, 11) is 0. The number of piperidine rings is 2. The van der Waals surface area contributed by atoms with E-state index in [4.69, 9.17) is 0 Å². The summed E-state index contributed by atoms with van der Waals surface area (Å²) < 4.78 is 0. The molecule has 4 fully saturated rings. The van der Waals surface area contributed by atoms with E-state index < -0.39 is 5.60 Å². The minimum atomic E-state index is -1.10. The maximum absolute atomic E-state index is 11.0. The molecule has 18 heavy (non-hydrogen) atoms. The van der Waals surface area contributed by atoms with Crippen molar-refractivity contribution in [1.29, 1.82) is 5.26 Å². The van der Waals surface area contributed by atoms with Crippen molar-refractivity contribution in [2.45, 2.75) is 31.8 Å². The predicted molar refractivity (Wildman–Crippen MR) is 68.9 cm³/mol. The lowest BCUT2D eigenvalue weighted by atomic mass is 9.59. The normalized spacial score (nSPS) is 49.9. The van der Waals surface area contributed by atoms with E-state index in [1.165, 1.54) is 0 Å². The maximum atomic E-state index is 11.0. The van der Waals surface area contributed by atoms with Gasteiger partial charge in [0.2, 0.25) is 0 Å². The van der Waals surface area contributed by atoms with Crippen molar-refractivity contribution in [1.82, 2.24) is 9.80 Å². The fourth-order valence-electron chi connectivity index (χ4n) is 4.35. The van der Waals surface area contributed by atoms with Crippen molar-refractivity contribution < 1.29 is 5.11 Å². The van der Waals surface area contributed by atoms with Gasteiger partial charge in [0.25, 0.3) is 0 Å². The fraction of sp³-hybridized carbons (Fsp3) is 0.929. The summed E-state index contributed by atoms with van der Waals surface area (Å²) in [6.45, 7) is 8.00. The molecule has 4 rings (SSSR count). The van der Waals surface area contributed by atoms with Crippen molar-refractivity contribution in [2.24, 2.45) is 11.3 Å². The average molecular weight is 249 g/mol. The van der Waals surface area contributed by atoms with Crippen molar-refractivity contribution in [3.63, 3.8) is 0 Å². The van der Waals surface area contributed by atoms with Crippen LogP contribution in [-0.2, 0) is 0 Å². The molecular weight excluding hydrogens is 226 g/mol. The third-order valence-corrected chi connectivity index (χ3v) is 5.32. The molecule has 4 aliphatic rings. The highest BCUT2D eigenvalue weighted by Crippen LogP contribution is 2.50. The third-order valence-electron chi connectivity index (χ3n) is 5.32. The number of rotatable bonds is 3. The molecule has 3 atom stereocenters. The zero-order valence-corrected chi connectivity index (χ0v) is 11.2. The summed E-state index contributed by atoms with van der Waals surface area (Å²) in [5.41, 5.74) is -1.31. The summed E-state index contributed by atoms with van der Waals surface area (Å²) in [4.78, 5) is 4.94. The molecule has 100 valence electrons. The van der Waals surface area contributed by atoms with Crippen LogP contribution in [-0.4, -0.2) is 59.8 Å². The molecular formula is C14H23N3O. The van der Waals surface area contributed by atoms with Crippen molar-refractivity contribution in [2.75, 3.05) is 39.3 Å². The Kier molecular flexibility index (Phi) is 2.89. The van der Waals surface area contributed by atoms with Gasteiger partial charge in [-0.1, -0.05) is 19.8 Å². The van der Waals surface area contributed by atoms with Gasteiger partial charge in [0.15, 0.2) is 5.60 Å². The molecule has 4 saturated heterocycles. The van der Waals surface area contributed by atoms with Crippen molar-refractivity contribution >= 4 is 0 Å². The Morgan fingerprint density at radius 1 is 1.28 bits per heavy atom. The molecule has 0 amide bonds. The van der Waals surface area contributed by atoms with E-state index >= 15 is 0 Å². The van der Waals surface area contributed by atoms with Gasteiger partial charge in [-0.2, -0.15) is 5.26 Å². The SMILES string of the molecule is CCCCC12CN3CCN(CC(C3)[C@]1(O)C#N)C2. The second-order valence-electron chi connectivity index (χ2n) is 6.43. The molecule has 2 unspecified atom stereocenters. The highest BCUT2D eigenvalue weighted by atomic mass is 16.3. The van der Waals surface area contributed by atoms with Gasteiger partial charge in [0.1, 0.15) is 0 Å².